The molecule has 7 heteroatoms. The fourth-order valence-electron chi connectivity index (χ4n) is 2.35. The molecular formula is C11H16N4O3. The zero-order valence-electron chi connectivity index (χ0n) is 9.95. The average molecular weight is 252 g/mol. The number of rotatable bonds is 5. The van der Waals surface area contributed by atoms with E-state index in [1.54, 1.807) is 17.1 Å². The lowest BCUT2D eigenvalue weighted by molar-refractivity contribution is -0.146. The molecular weight excluding hydrogens is 236 g/mol. The first-order chi connectivity index (χ1) is 8.68. The quantitative estimate of drug-likeness (QED) is 0.762. The van der Waals surface area contributed by atoms with Crippen molar-refractivity contribution < 1.29 is 14.7 Å². The number of aliphatic carboxylic acids is 1. The third-order valence-corrected chi connectivity index (χ3v) is 3.28. The zero-order valence-corrected chi connectivity index (χ0v) is 9.95. The Kier molecular flexibility index (Phi) is 3.91. The highest BCUT2D eigenvalue weighted by Crippen LogP contribution is 2.31. The molecule has 18 heavy (non-hydrogen) atoms. The van der Waals surface area contributed by atoms with Gasteiger partial charge in [-0.2, -0.15) is 0 Å². The Bertz CT molecular complexity index is 418. The topological polar surface area (TPSA) is 97.1 Å². The van der Waals surface area contributed by atoms with E-state index in [2.05, 4.69) is 15.6 Å². The summed E-state index contributed by atoms with van der Waals surface area (Å²) in [6, 6.07) is 0. The minimum atomic E-state index is -0.871. The first-order valence-corrected chi connectivity index (χ1v) is 6.03. The molecule has 0 radical (unpaired) electrons. The van der Waals surface area contributed by atoms with E-state index < -0.39 is 17.8 Å². The molecule has 98 valence electrons. The molecule has 1 aliphatic carbocycles. The van der Waals surface area contributed by atoms with Crippen LogP contribution >= 0.6 is 0 Å². The molecule has 1 aromatic rings. The summed E-state index contributed by atoms with van der Waals surface area (Å²) in [5.41, 5.74) is 0. The number of hydrogen-bond donors (Lipinski definition) is 2. The van der Waals surface area contributed by atoms with Crippen LogP contribution in [-0.4, -0.2) is 38.5 Å². The van der Waals surface area contributed by atoms with Gasteiger partial charge in [0.25, 0.3) is 0 Å². The molecule has 0 bridgehead atoms. The maximum atomic E-state index is 11.9. The summed E-state index contributed by atoms with van der Waals surface area (Å²) in [6.07, 6.45) is 5.34. The highest BCUT2D eigenvalue weighted by molar-refractivity contribution is 5.85. The van der Waals surface area contributed by atoms with Gasteiger partial charge in [0.15, 0.2) is 0 Å². The van der Waals surface area contributed by atoms with Gasteiger partial charge in [-0.1, -0.05) is 11.6 Å². The van der Waals surface area contributed by atoms with Crippen molar-refractivity contribution in [2.75, 3.05) is 6.54 Å². The van der Waals surface area contributed by atoms with Crippen LogP contribution in [0.3, 0.4) is 0 Å². The van der Waals surface area contributed by atoms with E-state index in [-0.39, 0.29) is 5.91 Å². The number of hydrogen-bond acceptors (Lipinski definition) is 4. The summed E-state index contributed by atoms with van der Waals surface area (Å²) in [5.74, 6) is -1.96. The molecule has 7 nitrogen and oxygen atoms in total. The first-order valence-electron chi connectivity index (χ1n) is 6.03. The smallest absolute Gasteiger partial charge is 0.307 e. The van der Waals surface area contributed by atoms with Gasteiger partial charge in [0, 0.05) is 12.7 Å². The summed E-state index contributed by atoms with van der Waals surface area (Å²) in [5, 5.41) is 19.2. The molecule has 1 heterocycles. The lowest BCUT2D eigenvalue weighted by Gasteiger charge is -2.15. The number of carboxylic acids is 1. The summed E-state index contributed by atoms with van der Waals surface area (Å²) in [4.78, 5) is 22.8. The number of amides is 1. The molecule has 1 amide bonds. The largest absolute Gasteiger partial charge is 0.481 e. The van der Waals surface area contributed by atoms with E-state index in [0.29, 0.717) is 25.9 Å². The molecule has 2 rings (SSSR count). The van der Waals surface area contributed by atoms with Gasteiger partial charge in [0.1, 0.15) is 0 Å². The second-order valence-electron chi connectivity index (χ2n) is 4.44. The fraction of sp³-hybridized carbons (Fsp3) is 0.636. The predicted molar refractivity (Wildman–Crippen MR) is 61.5 cm³/mol. The van der Waals surface area contributed by atoms with Gasteiger partial charge in [0.05, 0.1) is 24.6 Å². The van der Waals surface area contributed by atoms with E-state index in [4.69, 9.17) is 5.11 Å². The molecule has 0 saturated heterocycles. The monoisotopic (exact) mass is 252 g/mol. The number of carboxylic acid groups (broad SMARTS) is 1. The second kappa shape index (κ2) is 5.61. The minimum absolute atomic E-state index is 0.167. The van der Waals surface area contributed by atoms with Crippen LogP contribution in [0, 0.1) is 11.8 Å². The number of nitrogens with zero attached hydrogens (tertiary/aromatic N) is 3. The third-order valence-electron chi connectivity index (χ3n) is 3.28. The van der Waals surface area contributed by atoms with Crippen molar-refractivity contribution in [2.24, 2.45) is 11.8 Å². The molecule has 2 atom stereocenters. The van der Waals surface area contributed by atoms with Crippen LogP contribution in [0.25, 0.3) is 0 Å². The molecule has 1 fully saturated rings. The predicted octanol–water partition coefficient (Wildman–Crippen LogP) is -0.105. The SMILES string of the molecule is O=C(O)[C@H]1CCC[C@H]1C(=O)NCCn1ccnn1. The minimum Gasteiger partial charge on any atom is -0.481 e. The Morgan fingerprint density at radius 1 is 1.39 bits per heavy atom. The number of nitrogens with one attached hydrogen (secondary N) is 1. The van der Waals surface area contributed by atoms with Gasteiger partial charge >= 0.3 is 5.97 Å². The molecule has 1 aromatic heterocycles. The van der Waals surface area contributed by atoms with Crippen LogP contribution in [0.1, 0.15) is 19.3 Å². The Morgan fingerprint density at radius 3 is 2.83 bits per heavy atom. The fourth-order valence-corrected chi connectivity index (χ4v) is 2.35. The van der Waals surface area contributed by atoms with Crippen molar-refractivity contribution >= 4 is 11.9 Å². The molecule has 1 saturated carbocycles. The molecule has 2 N–H and O–H groups in total. The van der Waals surface area contributed by atoms with Gasteiger partial charge in [-0.25, -0.2) is 0 Å². The zero-order chi connectivity index (χ0) is 13.0. The summed E-state index contributed by atoms with van der Waals surface area (Å²) >= 11 is 0. The summed E-state index contributed by atoms with van der Waals surface area (Å²) in [6.45, 7) is 0.973. The molecule has 0 unspecified atom stereocenters. The maximum absolute atomic E-state index is 11.9. The van der Waals surface area contributed by atoms with Crippen molar-refractivity contribution in [3.05, 3.63) is 12.4 Å². The number of carbonyl (C=O) groups excluding carboxylic acids is 1. The standard InChI is InChI=1S/C11H16N4O3/c16-10(8-2-1-3-9(8)11(17)18)12-4-6-15-7-5-13-14-15/h5,7-9H,1-4,6H2,(H,12,16)(H,17,18)/t8-,9+/m1/s1. The third kappa shape index (κ3) is 2.85. The second-order valence-corrected chi connectivity index (χ2v) is 4.44. The molecule has 1 aliphatic rings. The van der Waals surface area contributed by atoms with E-state index >= 15 is 0 Å². The lowest BCUT2D eigenvalue weighted by Crippen LogP contribution is -2.36. The normalized spacial score (nSPS) is 22.9. The first kappa shape index (κ1) is 12.5. The van der Waals surface area contributed by atoms with Gasteiger partial charge in [0.2, 0.25) is 5.91 Å². The van der Waals surface area contributed by atoms with Crippen LogP contribution in [0.15, 0.2) is 12.4 Å². The van der Waals surface area contributed by atoms with Crippen molar-refractivity contribution in [1.29, 1.82) is 0 Å². The van der Waals surface area contributed by atoms with E-state index in [0.717, 1.165) is 6.42 Å². The van der Waals surface area contributed by atoms with Crippen molar-refractivity contribution in [3.8, 4) is 0 Å². The van der Waals surface area contributed by atoms with Crippen molar-refractivity contribution in [2.45, 2.75) is 25.8 Å². The number of carbonyl (C=O) groups is 2. The molecule has 0 aromatic carbocycles. The average Bonchev–Trinajstić information content (AvgIpc) is 2.99. The van der Waals surface area contributed by atoms with Crippen LogP contribution in [0.5, 0.6) is 0 Å². The van der Waals surface area contributed by atoms with E-state index in [9.17, 15) is 9.59 Å². The van der Waals surface area contributed by atoms with Crippen LogP contribution in [0.4, 0.5) is 0 Å². The maximum Gasteiger partial charge on any atom is 0.307 e. The van der Waals surface area contributed by atoms with Crippen LogP contribution in [0.2, 0.25) is 0 Å². The van der Waals surface area contributed by atoms with Crippen LogP contribution in [-0.2, 0) is 16.1 Å². The number of aromatic nitrogens is 3. The van der Waals surface area contributed by atoms with Gasteiger partial charge in [-0.15, -0.1) is 5.10 Å². The van der Waals surface area contributed by atoms with Crippen molar-refractivity contribution in [1.82, 2.24) is 20.3 Å². The molecule has 0 aliphatic heterocycles. The van der Waals surface area contributed by atoms with Gasteiger partial charge in [-0.3, -0.25) is 14.3 Å². The summed E-state index contributed by atoms with van der Waals surface area (Å²) in [7, 11) is 0. The van der Waals surface area contributed by atoms with Gasteiger partial charge in [-0.05, 0) is 12.8 Å². The highest BCUT2D eigenvalue weighted by atomic mass is 16.4. The van der Waals surface area contributed by atoms with Crippen LogP contribution < -0.4 is 5.32 Å². The Morgan fingerprint density at radius 2 is 2.17 bits per heavy atom. The van der Waals surface area contributed by atoms with E-state index in [1.807, 2.05) is 0 Å². The Balaban J connectivity index is 1.79. The Labute approximate surface area is 104 Å². The highest BCUT2D eigenvalue weighted by Gasteiger charge is 2.37. The molecule has 0 spiro atoms. The van der Waals surface area contributed by atoms with Gasteiger partial charge < -0.3 is 10.4 Å². The van der Waals surface area contributed by atoms with Crippen molar-refractivity contribution in [3.63, 3.8) is 0 Å². The summed E-state index contributed by atoms with van der Waals surface area (Å²) < 4.78 is 1.61. The lowest BCUT2D eigenvalue weighted by atomic mass is 9.95. The Hall–Kier alpha value is -1.92. The van der Waals surface area contributed by atoms with E-state index in [1.165, 1.54) is 0 Å².